The number of carbonyl (C=O) groups is 1. The van der Waals surface area contributed by atoms with Gasteiger partial charge in [0.05, 0.1) is 34.1 Å². The maximum Gasteiger partial charge on any atom is 0.255 e. The number of ether oxygens (including phenoxy) is 4. The van der Waals surface area contributed by atoms with Gasteiger partial charge in [0.1, 0.15) is 0 Å². The number of rotatable bonds is 9. The van der Waals surface area contributed by atoms with Gasteiger partial charge in [0.2, 0.25) is 0 Å². The molecule has 36 heavy (non-hydrogen) atoms. The van der Waals surface area contributed by atoms with Gasteiger partial charge in [-0.2, -0.15) is 0 Å². The smallest absolute Gasteiger partial charge is 0.255 e. The summed E-state index contributed by atoms with van der Waals surface area (Å²) >= 11 is 0. The molecule has 0 aliphatic heterocycles. The van der Waals surface area contributed by atoms with Crippen LogP contribution in [0, 0.1) is 0 Å². The molecule has 0 spiro atoms. The van der Waals surface area contributed by atoms with Crippen LogP contribution in [0.15, 0.2) is 60.8 Å². The molecule has 7 heteroatoms. The van der Waals surface area contributed by atoms with Crippen LogP contribution in [0.25, 0.3) is 10.8 Å². The van der Waals surface area contributed by atoms with Gasteiger partial charge in [-0.15, -0.1) is 0 Å². The minimum atomic E-state index is -0.205. The van der Waals surface area contributed by atoms with Crippen LogP contribution in [0.2, 0.25) is 0 Å². The second-order valence-corrected chi connectivity index (χ2v) is 8.23. The molecule has 0 unspecified atom stereocenters. The lowest BCUT2D eigenvalue weighted by Crippen LogP contribution is -2.14. The monoisotopic (exact) mass is 486 g/mol. The number of pyridine rings is 1. The second kappa shape index (κ2) is 11.0. The molecule has 0 aliphatic rings. The first-order valence-corrected chi connectivity index (χ1v) is 11.7. The molecule has 0 atom stereocenters. The number of hydrogen-bond donors (Lipinski definition) is 1. The highest BCUT2D eigenvalue weighted by Gasteiger charge is 2.17. The van der Waals surface area contributed by atoms with E-state index in [-0.39, 0.29) is 5.91 Å². The Morgan fingerprint density at radius 1 is 0.806 bits per heavy atom. The first-order valence-electron chi connectivity index (χ1n) is 11.7. The summed E-state index contributed by atoms with van der Waals surface area (Å²) in [7, 11) is 6.37. The first kappa shape index (κ1) is 24.9. The van der Waals surface area contributed by atoms with Gasteiger partial charge in [-0.3, -0.25) is 9.78 Å². The average molecular weight is 487 g/mol. The van der Waals surface area contributed by atoms with Gasteiger partial charge >= 0.3 is 0 Å². The highest BCUT2D eigenvalue weighted by atomic mass is 16.5. The average Bonchev–Trinajstić information content (AvgIpc) is 2.92. The van der Waals surface area contributed by atoms with Crippen LogP contribution in [0.1, 0.15) is 34.1 Å². The van der Waals surface area contributed by atoms with Crippen LogP contribution in [-0.2, 0) is 12.8 Å². The van der Waals surface area contributed by atoms with Gasteiger partial charge in [-0.25, -0.2) is 0 Å². The number of hydrogen-bond acceptors (Lipinski definition) is 6. The summed E-state index contributed by atoms with van der Waals surface area (Å²) in [6.07, 6.45) is 3.12. The van der Waals surface area contributed by atoms with Crippen LogP contribution >= 0.6 is 0 Å². The first-order chi connectivity index (χ1) is 17.5. The fraction of sp³-hybridized carbons (Fsp3) is 0.241. The summed E-state index contributed by atoms with van der Waals surface area (Å²) in [6.45, 7) is 2.08. The van der Waals surface area contributed by atoms with Gasteiger partial charge in [0.25, 0.3) is 5.91 Å². The molecule has 1 heterocycles. The third-order valence-electron chi connectivity index (χ3n) is 6.19. The van der Waals surface area contributed by atoms with Crippen molar-refractivity contribution >= 4 is 22.4 Å². The van der Waals surface area contributed by atoms with Crippen molar-refractivity contribution in [1.29, 1.82) is 0 Å². The van der Waals surface area contributed by atoms with Gasteiger partial charge in [-0.05, 0) is 59.3 Å². The minimum Gasteiger partial charge on any atom is -0.493 e. The third-order valence-corrected chi connectivity index (χ3v) is 6.19. The predicted octanol–water partition coefficient (Wildman–Crippen LogP) is 5.67. The number of anilines is 1. The fourth-order valence-electron chi connectivity index (χ4n) is 4.15. The van der Waals surface area contributed by atoms with Crippen molar-refractivity contribution in [1.82, 2.24) is 4.98 Å². The fourth-order valence-corrected chi connectivity index (χ4v) is 4.15. The van der Waals surface area contributed by atoms with E-state index in [1.165, 1.54) is 5.56 Å². The molecule has 1 N–H and O–H groups in total. The minimum absolute atomic E-state index is 0.205. The lowest BCUT2D eigenvalue weighted by molar-refractivity contribution is 0.102. The second-order valence-electron chi connectivity index (χ2n) is 8.23. The highest BCUT2D eigenvalue weighted by Crippen LogP contribution is 2.37. The van der Waals surface area contributed by atoms with Crippen LogP contribution in [0.3, 0.4) is 0 Å². The molecule has 0 saturated carbocycles. The Morgan fingerprint density at radius 2 is 1.42 bits per heavy atom. The molecule has 4 aromatic rings. The largest absolute Gasteiger partial charge is 0.493 e. The van der Waals surface area contributed by atoms with E-state index in [2.05, 4.69) is 17.2 Å². The number of benzene rings is 3. The van der Waals surface area contributed by atoms with E-state index in [0.717, 1.165) is 28.5 Å². The summed E-state index contributed by atoms with van der Waals surface area (Å²) in [5, 5.41) is 4.95. The SMILES string of the molecule is CCc1ccc(C(=O)Nc2cc(OC)c(OC)cc2Cc2nccc3cc(OC)c(OC)cc23)cc1. The molecular weight excluding hydrogens is 456 g/mol. The summed E-state index contributed by atoms with van der Waals surface area (Å²) in [6, 6.07) is 17.0. The Kier molecular flexibility index (Phi) is 7.59. The van der Waals surface area contributed by atoms with E-state index < -0.39 is 0 Å². The standard InChI is InChI=1S/C29H30N2O5/c1-6-18-7-9-19(10-8-18)29(32)31-23-17-28(36-5)26(34-3)15-21(23)13-24-22-16-27(35-4)25(33-2)14-20(22)11-12-30-24/h7-12,14-17H,6,13H2,1-5H3,(H,31,32). The van der Waals surface area contributed by atoms with Gasteiger partial charge in [0.15, 0.2) is 23.0 Å². The summed E-state index contributed by atoms with van der Waals surface area (Å²) in [5.74, 6) is 2.15. The third kappa shape index (κ3) is 5.05. The highest BCUT2D eigenvalue weighted by molar-refractivity contribution is 6.05. The topological polar surface area (TPSA) is 78.9 Å². The van der Waals surface area contributed by atoms with E-state index in [9.17, 15) is 4.79 Å². The van der Waals surface area contributed by atoms with Crippen LogP contribution in [0.4, 0.5) is 5.69 Å². The molecule has 1 amide bonds. The maximum absolute atomic E-state index is 13.1. The van der Waals surface area contributed by atoms with Crippen molar-refractivity contribution in [3.05, 3.63) is 83.2 Å². The Balaban J connectivity index is 1.76. The molecule has 3 aromatic carbocycles. The van der Waals surface area contributed by atoms with Crippen molar-refractivity contribution in [2.24, 2.45) is 0 Å². The van der Waals surface area contributed by atoms with E-state index >= 15 is 0 Å². The zero-order chi connectivity index (χ0) is 25.7. The number of amides is 1. The zero-order valence-electron chi connectivity index (χ0n) is 21.2. The van der Waals surface area contributed by atoms with Crippen molar-refractivity contribution in [2.45, 2.75) is 19.8 Å². The molecule has 1 aromatic heterocycles. The van der Waals surface area contributed by atoms with Gasteiger partial charge in [0, 0.05) is 35.3 Å². The van der Waals surface area contributed by atoms with Crippen molar-refractivity contribution < 1.29 is 23.7 Å². The van der Waals surface area contributed by atoms with E-state index in [1.54, 1.807) is 40.7 Å². The normalized spacial score (nSPS) is 10.7. The van der Waals surface area contributed by atoms with Gasteiger partial charge in [-0.1, -0.05) is 19.1 Å². The molecule has 0 radical (unpaired) electrons. The number of aromatic nitrogens is 1. The quantitative estimate of drug-likeness (QED) is 0.328. The molecule has 4 rings (SSSR count). The Morgan fingerprint density at radius 3 is 2.06 bits per heavy atom. The lowest BCUT2D eigenvalue weighted by atomic mass is 10.0. The van der Waals surface area contributed by atoms with Crippen molar-refractivity contribution in [3.8, 4) is 23.0 Å². The summed E-state index contributed by atoms with van der Waals surface area (Å²) in [5.41, 5.74) is 4.03. The summed E-state index contributed by atoms with van der Waals surface area (Å²) in [4.78, 5) is 17.8. The molecule has 7 nitrogen and oxygen atoms in total. The number of fused-ring (bicyclic) bond motifs is 1. The predicted molar refractivity (Wildman–Crippen MR) is 141 cm³/mol. The van der Waals surface area contributed by atoms with Crippen LogP contribution < -0.4 is 24.3 Å². The molecule has 0 aliphatic carbocycles. The number of methoxy groups -OCH3 is 4. The van der Waals surface area contributed by atoms with Crippen LogP contribution in [-0.4, -0.2) is 39.3 Å². The van der Waals surface area contributed by atoms with E-state index in [0.29, 0.717) is 40.7 Å². The number of aryl methyl sites for hydroxylation is 1. The van der Waals surface area contributed by atoms with E-state index in [1.807, 2.05) is 48.5 Å². The number of carbonyl (C=O) groups excluding carboxylic acids is 1. The van der Waals surface area contributed by atoms with Crippen molar-refractivity contribution in [3.63, 3.8) is 0 Å². The summed E-state index contributed by atoms with van der Waals surface area (Å²) < 4.78 is 22.0. The molecule has 0 fully saturated rings. The van der Waals surface area contributed by atoms with Crippen LogP contribution in [0.5, 0.6) is 23.0 Å². The molecule has 0 bridgehead atoms. The molecule has 186 valence electrons. The lowest BCUT2D eigenvalue weighted by Gasteiger charge is -2.17. The Hall–Kier alpha value is -4.26. The van der Waals surface area contributed by atoms with E-state index in [4.69, 9.17) is 18.9 Å². The number of nitrogens with one attached hydrogen (secondary N) is 1. The molecule has 0 saturated heterocycles. The van der Waals surface area contributed by atoms with Gasteiger partial charge < -0.3 is 24.3 Å². The Labute approximate surface area is 211 Å². The van der Waals surface area contributed by atoms with Crippen molar-refractivity contribution in [2.75, 3.05) is 33.8 Å². The Bertz CT molecular complexity index is 1380. The zero-order valence-corrected chi connectivity index (χ0v) is 21.2. The number of nitrogens with zero attached hydrogens (tertiary/aromatic N) is 1. The maximum atomic E-state index is 13.1. The molecular formula is C29H30N2O5.